The summed E-state index contributed by atoms with van der Waals surface area (Å²) in [6.45, 7) is 3.93. The summed E-state index contributed by atoms with van der Waals surface area (Å²) in [4.78, 5) is 10.3. The van der Waals surface area contributed by atoms with E-state index in [9.17, 15) is 18.5 Å². The van der Waals surface area contributed by atoms with Gasteiger partial charge in [-0.15, -0.1) is 0 Å². The highest BCUT2D eigenvalue weighted by atomic mass is 32.2. The van der Waals surface area contributed by atoms with E-state index in [-0.39, 0.29) is 22.3 Å². The second-order valence-corrected chi connectivity index (χ2v) is 7.69. The predicted molar refractivity (Wildman–Crippen MR) is 82.3 cm³/mol. The third-order valence-corrected chi connectivity index (χ3v) is 4.83. The van der Waals surface area contributed by atoms with Gasteiger partial charge in [-0.3, -0.25) is 10.1 Å². The second-order valence-electron chi connectivity index (χ2n) is 4.39. The Morgan fingerprint density at radius 2 is 2.10 bits per heavy atom. The van der Waals surface area contributed by atoms with Gasteiger partial charge in [0, 0.05) is 18.1 Å². The van der Waals surface area contributed by atoms with Crippen LogP contribution >= 0.6 is 11.8 Å². The molecule has 6 nitrogen and oxygen atoms in total. The van der Waals surface area contributed by atoms with Crippen LogP contribution in [0.2, 0.25) is 0 Å². The molecule has 0 fully saturated rings. The summed E-state index contributed by atoms with van der Waals surface area (Å²) >= 11 is 1.71. The van der Waals surface area contributed by atoms with Gasteiger partial charge in [0.2, 0.25) is 0 Å². The van der Waals surface area contributed by atoms with Crippen LogP contribution < -0.4 is 5.32 Å². The van der Waals surface area contributed by atoms with Crippen LogP contribution in [0.5, 0.6) is 0 Å². The lowest BCUT2D eigenvalue weighted by Gasteiger charge is -2.15. The summed E-state index contributed by atoms with van der Waals surface area (Å²) in [5, 5.41) is 14.2. The van der Waals surface area contributed by atoms with Crippen LogP contribution in [0.25, 0.3) is 0 Å². The molecular weight excluding hydrogens is 300 g/mol. The van der Waals surface area contributed by atoms with E-state index >= 15 is 0 Å². The monoisotopic (exact) mass is 318 g/mol. The molecule has 0 saturated carbocycles. The summed E-state index contributed by atoms with van der Waals surface area (Å²) in [7, 11) is -3.64. The van der Waals surface area contributed by atoms with Crippen LogP contribution in [0.15, 0.2) is 23.1 Å². The van der Waals surface area contributed by atoms with Gasteiger partial charge in [0.05, 0.1) is 4.92 Å². The molecule has 0 amide bonds. The number of rotatable bonds is 7. The molecule has 20 heavy (non-hydrogen) atoms. The number of nitro benzene ring substituents is 1. The minimum absolute atomic E-state index is 0.00783. The maximum absolute atomic E-state index is 11.6. The molecule has 0 saturated heterocycles. The molecule has 0 spiro atoms. The first-order valence-electron chi connectivity index (χ1n) is 6.09. The van der Waals surface area contributed by atoms with Gasteiger partial charge in [-0.05, 0) is 24.8 Å². The van der Waals surface area contributed by atoms with Crippen LogP contribution in [0.1, 0.15) is 13.8 Å². The maximum Gasteiger partial charge on any atom is 0.310 e. The molecule has 0 radical (unpaired) electrons. The average molecular weight is 318 g/mol. The summed E-state index contributed by atoms with van der Waals surface area (Å²) in [6, 6.07) is 4.29. The Labute approximate surface area is 123 Å². The van der Waals surface area contributed by atoms with Crippen molar-refractivity contribution in [2.24, 2.45) is 0 Å². The minimum atomic E-state index is -3.64. The van der Waals surface area contributed by atoms with Crippen LogP contribution in [-0.4, -0.2) is 37.1 Å². The largest absolute Gasteiger partial charge is 0.376 e. The van der Waals surface area contributed by atoms with Crippen molar-refractivity contribution in [2.45, 2.75) is 24.8 Å². The van der Waals surface area contributed by atoms with E-state index in [1.807, 2.05) is 13.8 Å². The third-order valence-electron chi connectivity index (χ3n) is 2.55. The zero-order valence-corrected chi connectivity index (χ0v) is 13.3. The molecule has 0 aliphatic rings. The van der Waals surface area contributed by atoms with Gasteiger partial charge in [-0.25, -0.2) is 8.42 Å². The number of hydrogen-bond acceptors (Lipinski definition) is 6. The van der Waals surface area contributed by atoms with E-state index in [1.165, 1.54) is 18.2 Å². The zero-order valence-electron chi connectivity index (χ0n) is 11.6. The van der Waals surface area contributed by atoms with Gasteiger partial charge in [0.25, 0.3) is 0 Å². The lowest BCUT2D eigenvalue weighted by Crippen LogP contribution is -2.19. The highest BCUT2D eigenvalue weighted by molar-refractivity contribution is 7.99. The van der Waals surface area contributed by atoms with E-state index in [4.69, 9.17) is 0 Å². The van der Waals surface area contributed by atoms with E-state index in [0.717, 1.165) is 17.8 Å². The van der Waals surface area contributed by atoms with Crippen molar-refractivity contribution in [3.63, 3.8) is 0 Å². The second kappa shape index (κ2) is 6.94. The van der Waals surface area contributed by atoms with Gasteiger partial charge in [-0.2, -0.15) is 11.8 Å². The predicted octanol–water partition coefficient (Wildman–Crippen LogP) is 2.55. The van der Waals surface area contributed by atoms with Crippen LogP contribution in [-0.2, 0) is 9.84 Å². The van der Waals surface area contributed by atoms with Gasteiger partial charge < -0.3 is 5.32 Å². The van der Waals surface area contributed by atoms with E-state index in [2.05, 4.69) is 5.32 Å². The Morgan fingerprint density at radius 3 is 2.60 bits per heavy atom. The molecule has 1 atom stereocenters. The summed E-state index contributed by atoms with van der Waals surface area (Å²) in [5.41, 5.74) is -0.148. The normalized spacial score (nSPS) is 12.9. The fourth-order valence-electron chi connectivity index (χ4n) is 1.73. The van der Waals surface area contributed by atoms with E-state index in [0.29, 0.717) is 0 Å². The third kappa shape index (κ3) is 4.38. The summed E-state index contributed by atoms with van der Waals surface area (Å²) in [5.74, 6) is 1.74. The standard InChI is InChI=1S/C12H18N2O4S2/c1-4-19-8-9(2)13-10-6-5-7-11(20(3,17)18)12(10)14(15)16/h5-7,9,13H,4,8H2,1-3H3. The van der Waals surface area contributed by atoms with E-state index in [1.54, 1.807) is 11.8 Å². The number of nitrogens with zero attached hydrogens (tertiary/aromatic N) is 1. The number of benzene rings is 1. The molecular formula is C12H18N2O4S2. The molecule has 0 aliphatic carbocycles. The molecule has 1 aromatic rings. The number of nitro groups is 1. The first kappa shape index (κ1) is 16.8. The number of nitrogens with one attached hydrogen (secondary N) is 1. The minimum Gasteiger partial charge on any atom is -0.376 e. The fraction of sp³-hybridized carbons (Fsp3) is 0.500. The number of sulfone groups is 1. The average Bonchev–Trinajstić information content (AvgIpc) is 2.34. The first-order valence-corrected chi connectivity index (χ1v) is 9.13. The summed E-state index contributed by atoms with van der Waals surface area (Å²) in [6.07, 6.45) is 0.968. The summed E-state index contributed by atoms with van der Waals surface area (Å²) < 4.78 is 23.3. The van der Waals surface area contributed by atoms with Gasteiger partial charge in [0.1, 0.15) is 10.6 Å². The molecule has 1 unspecified atom stereocenters. The van der Waals surface area contributed by atoms with Crippen LogP contribution in [0.3, 0.4) is 0 Å². The SMILES string of the molecule is CCSCC(C)Nc1cccc(S(C)(=O)=O)c1[N+](=O)[O-]. The molecule has 1 aromatic carbocycles. The highest BCUT2D eigenvalue weighted by Gasteiger charge is 2.26. The van der Waals surface area contributed by atoms with Crippen molar-refractivity contribution in [1.82, 2.24) is 0 Å². The lowest BCUT2D eigenvalue weighted by molar-refractivity contribution is -0.386. The molecule has 8 heteroatoms. The topological polar surface area (TPSA) is 89.3 Å². The van der Waals surface area contributed by atoms with Crippen molar-refractivity contribution in [3.8, 4) is 0 Å². The van der Waals surface area contributed by atoms with Crippen molar-refractivity contribution in [3.05, 3.63) is 28.3 Å². The quantitative estimate of drug-likeness (QED) is 0.614. The molecule has 0 aromatic heterocycles. The van der Waals surface area contributed by atoms with Crippen molar-refractivity contribution in [1.29, 1.82) is 0 Å². The van der Waals surface area contributed by atoms with E-state index < -0.39 is 14.8 Å². The smallest absolute Gasteiger partial charge is 0.310 e. The Hall–Kier alpha value is -1.28. The van der Waals surface area contributed by atoms with Crippen LogP contribution in [0.4, 0.5) is 11.4 Å². The highest BCUT2D eigenvalue weighted by Crippen LogP contribution is 2.32. The number of thioether (sulfide) groups is 1. The first-order chi connectivity index (χ1) is 9.27. The maximum atomic E-state index is 11.6. The molecule has 0 bridgehead atoms. The number of anilines is 1. The van der Waals surface area contributed by atoms with Crippen molar-refractivity contribution >= 4 is 33.0 Å². The van der Waals surface area contributed by atoms with Gasteiger partial charge in [-0.1, -0.05) is 13.0 Å². The Kier molecular flexibility index (Phi) is 5.82. The van der Waals surface area contributed by atoms with Gasteiger partial charge in [0.15, 0.2) is 9.84 Å². The van der Waals surface area contributed by atoms with Crippen molar-refractivity contribution in [2.75, 3.05) is 23.1 Å². The zero-order chi connectivity index (χ0) is 15.3. The molecule has 112 valence electrons. The Morgan fingerprint density at radius 1 is 1.45 bits per heavy atom. The Bertz CT molecular complexity index is 587. The fourth-order valence-corrected chi connectivity index (χ4v) is 3.26. The Balaban J connectivity index is 3.17. The lowest BCUT2D eigenvalue weighted by atomic mass is 10.2. The molecule has 1 rings (SSSR count). The number of hydrogen-bond donors (Lipinski definition) is 1. The molecule has 0 heterocycles. The molecule has 0 aliphatic heterocycles. The molecule has 1 N–H and O–H groups in total. The van der Waals surface area contributed by atoms with Gasteiger partial charge >= 0.3 is 5.69 Å². The van der Waals surface area contributed by atoms with Crippen LogP contribution in [0, 0.1) is 10.1 Å². The van der Waals surface area contributed by atoms with Crippen molar-refractivity contribution < 1.29 is 13.3 Å². The number of para-hydroxylation sites is 1.